The van der Waals surface area contributed by atoms with E-state index in [1.54, 1.807) is 0 Å². The Morgan fingerprint density at radius 1 is 0.826 bits per heavy atom. The van der Waals surface area contributed by atoms with Gasteiger partial charge in [-0.1, -0.05) is 97.6 Å². The standard InChI is InChI=1S/C40H46N3OSSi/c1-22(2)26-18-28(23(3)4)37(29(19-26)24(5)6)43-33-15-13-12-14-32(33)42(8)39(43)36-25(7)16-17-27-30-20-35-31(21-34(30)44-38(27)36)41-40(45-35)46(9,10)11/h12-24H,1-11H3/q+1. The first-order valence-corrected chi connectivity index (χ1v) is 21.0. The van der Waals surface area contributed by atoms with Crippen molar-refractivity contribution in [2.75, 3.05) is 0 Å². The molecule has 0 saturated heterocycles. The molecule has 0 aliphatic heterocycles. The van der Waals surface area contributed by atoms with E-state index in [0.717, 1.165) is 38.8 Å². The molecule has 0 saturated carbocycles. The lowest BCUT2D eigenvalue weighted by molar-refractivity contribution is -0.633. The molecule has 0 radical (unpaired) electrons. The van der Waals surface area contributed by atoms with Crippen molar-refractivity contribution in [2.45, 2.75) is 85.9 Å². The number of aromatic nitrogens is 3. The molecule has 3 aromatic heterocycles. The molecule has 0 fully saturated rings. The van der Waals surface area contributed by atoms with Crippen molar-refractivity contribution in [3.63, 3.8) is 0 Å². The van der Waals surface area contributed by atoms with Crippen LogP contribution in [0.4, 0.5) is 0 Å². The van der Waals surface area contributed by atoms with Gasteiger partial charge in [-0.3, -0.25) is 0 Å². The number of thiazole rings is 1. The van der Waals surface area contributed by atoms with Crippen LogP contribution in [0.2, 0.25) is 19.6 Å². The van der Waals surface area contributed by atoms with E-state index in [0.29, 0.717) is 17.8 Å². The predicted molar refractivity (Wildman–Crippen MR) is 200 cm³/mol. The maximum absolute atomic E-state index is 6.92. The summed E-state index contributed by atoms with van der Waals surface area (Å²) in [6.45, 7) is 23.2. The molecule has 46 heavy (non-hydrogen) atoms. The van der Waals surface area contributed by atoms with Gasteiger partial charge in [-0.05, 0) is 54.0 Å². The first-order valence-electron chi connectivity index (χ1n) is 16.7. The highest BCUT2D eigenvalue weighted by atomic mass is 32.1. The van der Waals surface area contributed by atoms with Gasteiger partial charge in [0.25, 0.3) is 5.82 Å². The van der Waals surface area contributed by atoms with E-state index in [1.807, 2.05) is 11.3 Å². The molecule has 0 bridgehead atoms. The summed E-state index contributed by atoms with van der Waals surface area (Å²) < 4.78 is 14.4. The normalized spacial score (nSPS) is 12.8. The van der Waals surface area contributed by atoms with Gasteiger partial charge in [-0.15, -0.1) is 11.3 Å². The molecule has 0 aliphatic rings. The second-order valence-corrected chi connectivity index (χ2v) is 21.4. The minimum absolute atomic E-state index is 0.357. The average molecular weight is 645 g/mol. The van der Waals surface area contributed by atoms with E-state index in [4.69, 9.17) is 9.40 Å². The molecule has 4 nitrogen and oxygen atoms in total. The Hall–Kier alpha value is -3.74. The summed E-state index contributed by atoms with van der Waals surface area (Å²) in [5.41, 5.74) is 13.1. The maximum atomic E-state index is 6.92. The van der Waals surface area contributed by atoms with Crippen molar-refractivity contribution in [1.29, 1.82) is 0 Å². The maximum Gasteiger partial charge on any atom is 0.299 e. The molecule has 0 spiro atoms. The van der Waals surface area contributed by atoms with E-state index < -0.39 is 8.07 Å². The number of imidazole rings is 1. The molecule has 0 unspecified atom stereocenters. The largest absolute Gasteiger partial charge is 0.455 e. The fourth-order valence-electron chi connectivity index (χ4n) is 6.95. The van der Waals surface area contributed by atoms with Crippen LogP contribution in [-0.4, -0.2) is 17.6 Å². The van der Waals surface area contributed by atoms with Gasteiger partial charge in [0.15, 0.2) is 16.6 Å². The van der Waals surface area contributed by atoms with E-state index in [1.165, 1.54) is 48.3 Å². The fraction of sp³-hybridized carbons (Fsp3) is 0.350. The van der Waals surface area contributed by atoms with Crippen molar-refractivity contribution in [3.8, 4) is 17.1 Å². The number of hydrogen-bond acceptors (Lipinski definition) is 3. The van der Waals surface area contributed by atoms with Crippen LogP contribution in [0.5, 0.6) is 0 Å². The van der Waals surface area contributed by atoms with Gasteiger partial charge in [-0.2, -0.15) is 4.57 Å². The molecule has 0 amide bonds. The summed E-state index contributed by atoms with van der Waals surface area (Å²) in [6, 6.07) is 22.7. The highest BCUT2D eigenvalue weighted by Gasteiger charge is 2.34. The Labute approximate surface area is 277 Å². The second kappa shape index (κ2) is 10.9. The summed E-state index contributed by atoms with van der Waals surface area (Å²) in [7, 11) is 0.696. The molecule has 7 rings (SSSR count). The zero-order valence-electron chi connectivity index (χ0n) is 29.2. The second-order valence-electron chi connectivity index (χ2n) is 15.0. The number of para-hydroxylation sites is 2. The lowest BCUT2D eigenvalue weighted by Gasteiger charge is -2.21. The number of fused-ring (bicyclic) bond motifs is 5. The minimum Gasteiger partial charge on any atom is -0.455 e. The van der Waals surface area contributed by atoms with Crippen LogP contribution in [0.1, 0.15) is 81.5 Å². The lowest BCUT2D eigenvalue weighted by Crippen LogP contribution is -2.36. The Balaban J connectivity index is 1.61. The van der Waals surface area contributed by atoms with Gasteiger partial charge in [0.05, 0.1) is 21.9 Å². The first-order chi connectivity index (χ1) is 21.8. The van der Waals surface area contributed by atoms with Crippen LogP contribution < -0.4 is 9.20 Å². The predicted octanol–water partition coefficient (Wildman–Crippen LogP) is 10.9. The molecule has 0 aliphatic carbocycles. The number of furan rings is 1. The fourth-order valence-corrected chi connectivity index (χ4v) is 9.70. The highest BCUT2D eigenvalue weighted by molar-refractivity contribution is 7.30. The van der Waals surface area contributed by atoms with Gasteiger partial charge in [-0.25, -0.2) is 9.55 Å². The molecule has 3 heterocycles. The SMILES string of the molecule is Cc1ccc2c(oc3cc4nc([Si](C)(C)C)sc4cc32)c1-c1n(-c2c(C(C)C)cc(C(C)C)cc2C(C)C)c2ccccc2[n+]1C. The highest BCUT2D eigenvalue weighted by Crippen LogP contribution is 2.43. The van der Waals surface area contributed by atoms with E-state index in [-0.39, 0.29) is 0 Å². The minimum atomic E-state index is -1.51. The lowest BCUT2D eigenvalue weighted by atomic mass is 9.87. The molecular formula is C40H46N3OSSi+. The van der Waals surface area contributed by atoms with Gasteiger partial charge < -0.3 is 4.42 Å². The summed E-state index contributed by atoms with van der Waals surface area (Å²) in [5.74, 6) is 2.31. The van der Waals surface area contributed by atoms with Crippen LogP contribution >= 0.6 is 11.3 Å². The van der Waals surface area contributed by atoms with E-state index in [9.17, 15) is 0 Å². The zero-order chi connectivity index (χ0) is 32.8. The van der Waals surface area contributed by atoms with Crippen molar-refractivity contribution in [3.05, 3.63) is 82.9 Å². The van der Waals surface area contributed by atoms with Crippen LogP contribution in [0.15, 0.2) is 65.1 Å². The van der Waals surface area contributed by atoms with Crippen LogP contribution in [0.25, 0.3) is 60.3 Å². The molecule has 4 aromatic carbocycles. The van der Waals surface area contributed by atoms with Gasteiger partial charge in [0.2, 0.25) is 0 Å². The van der Waals surface area contributed by atoms with Gasteiger partial charge in [0, 0.05) is 28.0 Å². The van der Waals surface area contributed by atoms with Crippen LogP contribution in [-0.2, 0) is 7.05 Å². The summed E-state index contributed by atoms with van der Waals surface area (Å²) in [4.78, 5) is 5.08. The van der Waals surface area contributed by atoms with Crippen molar-refractivity contribution in [2.24, 2.45) is 7.05 Å². The Morgan fingerprint density at radius 2 is 1.50 bits per heavy atom. The quantitative estimate of drug-likeness (QED) is 0.133. The van der Waals surface area contributed by atoms with Crippen molar-refractivity contribution in [1.82, 2.24) is 9.55 Å². The van der Waals surface area contributed by atoms with Crippen molar-refractivity contribution >= 4 is 67.2 Å². The Bertz CT molecular complexity index is 2280. The number of benzene rings is 4. The number of aryl methyl sites for hydroxylation is 2. The third kappa shape index (κ3) is 4.75. The first kappa shape index (κ1) is 30.9. The zero-order valence-corrected chi connectivity index (χ0v) is 31.0. The summed E-state index contributed by atoms with van der Waals surface area (Å²) in [5, 5.41) is 2.31. The number of rotatable bonds is 6. The Morgan fingerprint density at radius 3 is 2.13 bits per heavy atom. The van der Waals surface area contributed by atoms with Gasteiger partial charge in [0.1, 0.15) is 24.9 Å². The van der Waals surface area contributed by atoms with E-state index in [2.05, 4.69) is 145 Å². The molecule has 7 aromatic rings. The third-order valence-corrected chi connectivity index (χ3v) is 13.9. The van der Waals surface area contributed by atoms with Crippen molar-refractivity contribution < 1.29 is 8.98 Å². The van der Waals surface area contributed by atoms with Crippen LogP contribution in [0.3, 0.4) is 0 Å². The van der Waals surface area contributed by atoms with Gasteiger partial charge >= 0.3 is 0 Å². The molecule has 0 atom stereocenters. The third-order valence-electron chi connectivity index (χ3n) is 9.56. The molecule has 236 valence electrons. The summed E-state index contributed by atoms with van der Waals surface area (Å²) in [6.07, 6.45) is 0. The van der Waals surface area contributed by atoms with E-state index >= 15 is 0 Å². The monoisotopic (exact) mass is 644 g/mol. The molecule has 6 heteroatoms. The smallest absolute Gasteiger partial charge is 0.299 e. The molecule has 0 N–H and O–H groups in total. The van der Waals surface area contributed by atoms with Crippen LogP contribution in [0, 0.1) is 6.92 Å². The Kier molecular flexibility index (Phi) is 7.33. The topological polar surface area (TPSA) is 34.8 Å². The average Bonchev–Trinajstić information content (AvgIpc) is 3.66. The molecular weight excluding hydrogens is 599 g/mol. The number of hydrogen-bond donors (Lipinski definition) is 0. The number of nitrogens with zero attached hydrogens (tertiary/aromatic N) is 3. The summed E-state index contributed by atoms with van der Waals surface area (Å²) >= 11 is 1.85.